The molecule has 5 saturated heterocycles. The van der Waals surface area contributed by atoms with Crippen LogP contribution in [-0.2, 0) is 98.4 Å². The van der Waals surface area contributed by atoms with E-state index in [1.165, 1.54) is 218 Å². The topological polar surface area (TPSA) is 281 Å². The summed E-state index contributed by atoms with van der Waals surface area (Å²) in [6, 6.07) is 0. The Morgan fingerprint density at radius 1 is 0.154 bits per heavy atom. The molecule has 0 spiro atoms. The number of rotatable bonds is 88. The highest BCUT2D eigenvalue weighted by atomic mass is 17.7. The average molecular weight is 1940 g/mol. The summed E-state index contributed by atoms with van der Waals surface area (Å²) < 4.78 is 31.6. The summed E-state index contributed by atoms with van der Waals surface area (Å²) in [5, 5.41) is 81.2. The molecule has 4 aliphatic carbocycles. The second kappa shape index (κ2) is 77.3. The second-order valence-electron chi connectivity index (χ2n) is 42.5. The van der Waals surface area contributed by atoms with Crippen molar-refractivity contribution in [3.8, 4) is 0 Å². The van der Waals surface area contributed by atoms with Crippen molar-refractivity contribution >= 4 is 0 Å². The maximum atomic E-state index is 7.99. The lowest BCUT2D eigenvalue weighted by molar-refractivity contribution is -0.692. The van der Waals surface area contributed by atoms with Gasteiger partial charge in [-0.3, -0.25) is 42.5 Å². The molecule has 800 valence electrons. The minimum atomic E-state index is -1.45. The van der Waals surface area contributed by atoms with Crippen molar-refractivity contribution in [2.75, 3.05) is 52.9 Å². The van der Waals surface area contributed by atoms with Gasteiger partial charge in [0.25, 0.3) is 0 Å². The van der Waals surface area contributed by atoms with Crippen LogP contribution in [0.5, 0.6) is 0 Å². The molecule has 28 nitrogen and oxygen atoms in total. The van der Waals surface area contributed by atoms with Gasteiger partial charge in [0.2, 0.25) is 0 Å². The van der Waals surface area contributed by atoms with Gasteiger partial charge < -0.3 is 18.9 Å². The smallest absolute Gasteiger partial charge is 0.158 e. The molecular weight excluding hydrogens is 1730 g/mol. The predicted molar refractivity (Wildman–Crippen MR) is 534 cm³/mol. The summed E-state index contributed by atoms with van der Waals surface area (Å²) in [4.78, 5) is 50.0. The molecule has 9 fully saturated rings. The van der Waals surface area contributed by atoms with Gasteiger partial charge in [0, 0.05) is 50.1 Å². The lowest BCUT2D eigenvalue weighted by Crippen LogP contribution is -2.67. The van der Waals surface area contributed by atoms with Crippen LogP contribution in [0.15, 0.2) is 0 Å². The molecule has 0 radical (unpaired) electrons. The SMILES string of the molecule is CCCCCCCCCCCCOC1C(OCCCCCCCCCCCC)C(OCCCCCCCCCCCC)C2C3NC(NC4NC(NC5NC(NC6NC(N3)C3C(OOOOCCCCCCC)C(OOOOCCCCCCC)C(OOOOCCCCCCC)C(OOOOCCCCCCC)C63)C3CCCCC53)C3CCCCC43)C2C1OCCCCCCCCCCCC. The highest BCUT2D eigenvalue weighted by molar-refractivity contribution is 5.17. The molecule has 28 heteroatoms. The molecule has 0 aromatic rings. The minimum Gasteiger partial charge on any atom is -0.375 e. The Hall–Kier alpha value is -1.12. The molecule has 4 saturated carbocycles. The van der Waals surface area contributed by atoms with Crippen molar-refractivity contribution < 1.29 is 98.4 Å². The fraction of sp³-hybridized carbons (Fsp3) is 1.00. The fourth-order valence-corrected chi connectivity index (χ4v) is 24.0. The van der Waals surface area contributed by atoms with Gasteiger partial charge in [0.1, 0.15) is 24.4 Å². The zero-order chi connectivity index (χ0) is 95.4. The van der Waals surface area contributed by atoms with Crippen LogP contribution in [0.25, 0.3) is 0 Å². The summed E-state index contributed by atoms with van der Waals surface area (Å²) in [5.41, 5.74) is 0. The Morgan fingerprint density at radius 3 is 0.529 bits per heavy atom. The lowest BCUT2D eigenvalue weighted by atomic mass is 9.70. The predicted octanol–water partition coefficient (Wildman–Crippen LogP) is 25.3. The number of hydrogen-bond acceptors (Lipinski definition) is 28. The number of fused-ring (bicyclic) bond motifs is 20. The molecular formula is C108H208N8O20. The van der Waals surface area contributed by atoms with Gasteiger partial charge in [0.05, 0.1) is 88.0 Å². The molecule has 5 heterocycles. The molecule has 5 aliphatic heterocycles. The molecule has 9 aliphatic rings. The van der Waals surface area contributed by atoms with Crippen LogP contribution in [0.3, 0.4) is 0 Å². The number of nitrogens with one attached hydrogen (secondary N) is 8. The van der Waals surface area contributed by atoms with Gasteiger partial charge in [-0.15, -0.1) is 0 Å². The van der Waals surface area contributed by atoms with E-state index >= 15 is 0 Å². The first-order valence-corrected chi connectivity index (χ1v) is 58.4. The van der Waals surface area contributed by atoms with Gasteiger partial charge in [-0.05, 0) is 141 Å². The van der Waals surface area contributed by atoms with E-state index in [1.54, 1.807) is 0 Å². The van der Waals surface area contributed by atoms with E-state index in [-0.39, 0.29) is 75.0 Å². The zero-order valence-corrected chi connectivity index (χ0v) is 87.8. The van der Waals surface area contributed by atoms with Gasteiger partial charge in [-0.1, -0.05) is 415 Å². The third-order valence-corrected chi connectivity index (χ3v) is 31.7. The van der Waals surface area contributed by atoms with Crippen molar-refractivity contribution in [2.45, 2.75) is 590 Å². The van der Waals surface area contributed by atoms with Gasteiger partial charge in [-0.2, -0.15) is 19.6 Å². The van der Waals surface area contributed by atoms with Crippen LogP contribution in [0, 0.1) is 47.3 Å². The molecule has 8 bridgehead atoms. The van der Waals surface area contributed by atoms with E-state index < -0.39 is 79.2 Å². The Bertz CT molecular complexity index is 2690. The molecule has 136 heavy (non-hydrogen) atoms. The zero-order valence-electron chi connectivity index (χ0n) is 87.8. The highest BCUT2D eigenvalue weighted by Crippen LogP contribution is 2.51. The number of unbranched alkanes of at least 4 members (excludes halogenated alkanes) is 52. The van der Waals surface area contributed by atoms with Gasteiger partial charge in [-0.25, -0.2) is 19.6 Å². The second-order valence-corrected chi connectivity index (χ2v) is 42.5. The maximum Gasteiger partial charge on any atom is 0.158 e. The van der Waals surface area contributed by atoms with Crippen molar-refractivity contribution in [3.05, 3.63) is 0 Å². The average Bonchev–Trinajstić information content (AvgIpc) is 1.55. The van der Waals surface area contributed by atoms with E-state index in [4.69, 9.17) is 98.4 Å². The highest BCUT2D eigenvalue weighted by Gasteiger charge is 2.68. The van der Waals surface area contributed by atoms with Crippen molar-refractivity contribution in [2.24, 2.45) is 47.3 Å². The molecule has 0 aromatic heterocycles. The Labute approximate surface area is 827 Å². The Morgan fingerprint density at radius 2 is 0.316 bits per heavy atom. The number of ether oxygens (including phenoxy) is 4. The van der Waals surface area contributed by atoms with Crippen LogP contribution < -0.4 is 42.5 Å². The van der Waals surface area contributed by atoms with Crippen molar-refractivity contribution in [1.29, 1.82) is 0 Å². The summed E-state index contributed by atoms with van der Waals surface area (Å²) in [6.07, 6.45) is 68.5. The Kier molecular flexibility index (Phi) is 67.3. The molecule has 9 rings (SSSR count). The summed E-state index contributed by atoms with van der Waals surface area (Å²) in [5.74, 6) is -0.773. The van der Waals surface area contributed by atoms with Crippen molar-refractivity contribution in [1.82, 2.24) is 42.5 Å². The molecule has 24 atom stereocenters. The molecule has 0 amide bonds. The molecule has 8 N–H and O–H groups in total. The van der Waals surface area contributed by atoms with Crippen LogP contribution in [0.1, 0.15) is 492 Å². The molecule has 24 unspecified atom stereocenters. The van der Waals surface area contributed by atoms with Gasteiger partial charge >= 0.3 is 0 Å². The van der Waals surface area contributed by atoms with Crippen LogP contribution in [0.2, 0.25) is 0 Å². The fourth-order valence-electron chi connectivity index (χ4n) is 24.0. The first-order chi connectivity index (χ1) is 67.4. The van der Waals surface area contributed by atoms with Crippen LogP contribution in [-0.4, -0.2) is 151 Å². The monoisotopic (exact) mass is 1940 g/mol. The molecule has 0 aromatic carbocycles. The standard InChI is InChI=1S/C108H208N8O20/c1-9-17-25-33-37-41-45-49-57-65-77-117-93-89-90(94(118-78-66-58-50-46-42-38-34-26-18-10-2)98(120-80-68-60-52-48-44-40-36-28-20-12-4)97(93)119-79-67-59-51-47-43-39-35-27-19-11-3)106-114-105(89)112-103-87-75-63-61-73-85(87)101(110-103)109-102-86-74-62-64-76-88(86)104(111-102)113-107-91-92(108(115-106)116-107)96(126-134-130-122-82-70-54-30-22-14-6)100(128-136-132-124-84-72-56-32-24-16-8)99(127-135-131-123-83-71-55-31-23-15-7)95(91)125-133-129-121-81-69-53-29-21-13-5/h85-116H,9-84H2,1-8H3. The van der Waals surface area contributed by atoms with E-state index in [9.17, 15) is 0 Å². The van der Waals surface area contributed by atoms with Gasteiger partial charge in [0.15, 0.2) is 12.2 Å². The first-order valence-electron chi connectivity index (χ1n) is 58.4. The minimum absolute atomic E-state index is 0.0237. The maximum absolute atomic E-state index is 7.99. The summed E-state index contributed by atoms with van der Waals surface area (Å²) in [6.45, 7) is 21.4. The normalized spacial score (nSPS) is 29.8. The largest absolute Gasteiger partial charge is 0.375 e. The summed E-state index contributed by atoms with van der Waals surface area (Å²) >= 11 is 0. The van der Waals surface area contributed by atoms with E-state index in [2.05, 4.69) is 97.9 Å². The lowest BCUT2D eigenvalue weighted by Gasteiger charge is -2.50. The number of hydrogen-bond donors (Lipinski definition) is 8. The van der Waals surface area contributed by atoms with Crippen molar-refractivity contribution in [3.63, 3.8) is 0 Å². The first kappa shape index (κ1) is 118. The van der Waals surface area contributed by atoms with Crippen LogP contribution >= 0.6 is 0 Å². The quantitative estimate of drug-likeness (QED) is 0.0160. The van der Waals surface area contributed by atoms with E-state index in [0.29, 0.717) is 44.2 Å². The third-order valence-electron chi connectivity index (χ3n) is 31.7. The Balaban J connectivity index is 1.19. The third kappa shape index (κ3) is 44.1. The van der Waals surface area contributed by atoms with E-state index in [0.717, 1.165) is 218 Å². The van der Waals surface area contributed by atoms with Crippen LogP contribution in [0.4, 0.5) is 0 Å². The van der Waals surface area contributed by atoms with E-state index in [1.807, 2.05) is 0 Å². The summed E-state index contributed by atoms with van der Waals surface area (Å²) in [7, 11) is 0.